The van der Waals surface area contributed by atoms with Crippen LogP contribution in [0.4, 0.5) is 5.95 Å². The molecule has 4 unspecified atom stereocenters. The van der Waals surface area contributed by atoms with Crippen LogP contribution >= 0.6 is 40.0 Å². The molecule has 324 valence electrons. The second-order valence-electron chi connectivity index (χ2n) is 14.1. The molecule has 2 aromatic rings. The van der Waals surface area contributed by atoms with Gasteiger partial charge < -0.3 is 40.0 Å². The van der Waals surface area contributed by atoms with Gasteiger partial charge in [0.15, 0.2) is 0 Å². The summed E-state index contributed by atoms with van der Waals surface area (Å²) in [5.41, 5.74) is 6.01. The second-order valence-corrected chi connectivity index (χ2v) is 19.0. The van der Waals surface area contributed by atoms with E-state index >= 15 is 0 Å². The molecular formula is C35H65N5O12P2S2. The number of nitrogens with zero attached hydrogens (tertiary/aromatic N) is 4. The molecule has 1 aliphatic heterocycles. The number of fused-ring (bicyclic) bond motifs is 1. The molecule has 0 spiro atoms. The van der Waals surface area contributed by atoms with Crippen molar-refractivity contribution in [2.45, 2.75) is 171 Å². The van der Waals surface area contributed by atoms with Gasteiger partial charge in [0.1, 0.15) is 35.2 Å². The minimum Gasteiger partial charge on any atom is -0.387 e. The van der Waals surface area contributed by atoms with Crippen LogP contribution in [0.15, 0.2) is 11.4 Å². The number of unbranched alkanes of at least 4 members (excludes halogenated alkanes) is 13. The molecule has 8 atom stereocenters. The molecule has 6 N–H and O–H groups in total. The Labute approximate surface area is 341 Å². The van der Waals surface area contributed by atoms with Gasteiger partial charge in [0, 0.05) is 11.9 Å². The predicted molar refractivity (Wildman–Crippen MR) is 218 cm³/mol. The minimum atomic E-state index is -5.20. The van der Waals surface area contributed by atoms with Crippen LogP contribution in [0.25, 0.3) is 11.2 Å². The Bertz CT molecular complexity index is 1500. The number of rotatable bonds is 32. The Kier molecular flexibility index (Phi) is 23.1. The Balaban J connectivity index is 1.35. The SMILES string of the molecule is CCCCCCCCCCCCSC(CCCCCCC)C(C)OCCCOP(=O)(O)OP(=O)(O)OC[C@H]1O[C@@H](On2cnc3c(S)nc(N)nc32)[C@H](O)[C@@H]1O. The summed E-state index contributed by atoms with van der Waals surface area (Å²) in [6.07, 6.45) is 15.4. The summed E-state index contributed by atoms with van der Waals surface area (Å²) >= 11 is 6.15. The zero-order valence-corrected chi connectivity index (χ0v) is 36.6. The number of hydrogen-bond acceptors (Lipinski definition) is 16. The van der Waals surface area contributed by atoms with Crippen molar-refractivity contribution < 1.29 is 56.8 Å². The van der Waals surface area contributed by atoms with Crippen molar-refractivity contribution in [3.8, 4) is 0 Å². The molecule has 2 aromatic heterocycles. The van der Waals surface area contributed by atoms with E-state index in [1.165, 1.54) is 96.2 Å². The first-order chi connectivity index (χ1) is 26.8. The Hall–Kier alpha value is -1.05. The van der Waals surface area contributed by atoms with Crippen LogP contribution in [0.5, 0.6) is 0 Å². The molecule has 1 fully saturated rings. The third kappa shape index (κ3) is 18.1. The highest BCUT2D eigenvalue weighted by Crippen LogP contribution is 2.60. The van der Waals surface area contributed by atoms with E-state index in [9.17, 15) is 29.1 Å². The summed E-state index contributed by atoms with van der Waals surface area (Å²) in [5, 5.41) is 21.4. The van der Waals surface area contributed by atoms with E-state index in [1.54, 1.807) is 0 Å². The predicted octanol–water partition coefficient (Wildman–Crippen LogP) is 7.00. The molecule has 0 amide bonds. The number of thiol groups is 1. The topological polar surface area (TPSA) is 240 Å². The highest BCUT2D eigenvalue weighted by Gasteiger charge is 2.47. The van der Waals surface area contributed by atoms with Crippen LogP contribution in [0.3, 0.4) is 0 Å². The van der Waals surface area contributed by atoms with Gasteiger partial charge in [-0.15, -0.1) is 17.4 Å². The fourth-order valence-corrected chi connectivity index (χ4v) is 9.93. The number of ether oxygens (including phenoxy) is 2. The lowest BCUT2D eigenvalue weighted by Gasteiger charge is -2.24. The first-order valence-corrected chi connectivity index (χ1v) is 24.5. The molecule has 0 radical (unpaired) electrons. The van der Waals surface area contributed by atoms with Gasteiger partial charge in [0.25, 0.3) is 6.29 Å². The number of hydrogen-bond donors (Lipinski definition) is 6. The molecule has 21 heteroatoms. The van der Waals surface area contributed by atoms with E-state index in [1.807, 2.05) is 11.8 Å². The molecule has 1 saturated heterocycles. The summed E-state index contributed by atoms with van der Waals surface area (Å²) in [4.78, 5) is 37.7. The van der Waals surface area contributed by atoms with E-state index in [2.05, 4.69) is 52.7 Å². The third-order valence-corrected chi connectivity index (χ3v) is 13.9. The van der Waals surface area contributed by atoms with Gasteiger partial charge in [-0.2, -0.15) is 21.1 Å². The molecule has 1 aliphatic rings. The number of nitrogen functional groups attached to an aromatic ring is 1. The van der Waals surface area contributed by atoms with Gasteiger partial charge in [-0.05, 0) is 31.9 Å². The maximum atomic E-state index is 12.5. The van der Waals surface area contributed by atoms with E-state index < -0.39 is 46.9 Å². The van der Waals surface area contributed by atoms with Gasteiger partial charge in [-0.1, -0.05) is 104 Å². The van der Waals surface area contributed by atoms with E-state index in [-0.39, 0.29) is 47.9 Å². The number of phosphoric acid groups is 2. The molecule has 0 aliphatic carbocycles. The van der Waals surface area contributed by atoms with E-state index in [0.29, 0.717) is 5.25 Å². The summed E-state index contributed by atoms with van der Waals surface area (Å²) in [7, 11) is -10.2. The maximum Gasteiger partial charge on any atom is 0.481 e. The fourth-order valence-electron chi connectivity index (χ4n) is 6.20. The van der Waals surface area contributed by atoms with Crippen LogP contribution in [0.1, 0.15) is 130 Å². The van der Waals surface area contributed by atoms with Crippen molar-refractivity contribution in [1.82, 2.24) is 19.7 Å². The Morgan fingerprint density at radius 2 is 1.48 bits per heavy atom. The van der Waals surface area contributed by atoms with Crippen molar-refractivity contribution in [2.75, 3.05) is 31.3 Å². The van der Waals surface area contributed by atoms with Crippen molar-refractivity contribution in [3.05, 3.63) is 6.33 Å². The Morgan fingerprint density at radius 3 is 2.14 bits per heavy atom. The largest absolute Gasteiger partial charge is 0.481 e. The summed E-state index contributed by atoms with van der Waals surface area (Å²) in [5.74, 6) is 0.976. The highest BCUT2D eigenvalue weighted by molar-refractivity contribution is 7.99. The smallest absolute Gasteiger partial charge is 0.387 e. The van der Waals surface area contributed by atoms with Crippen LogP contribution in [0, 0.1) is 0 Å². The van der Waals surface area contributed by atoms with Crippen molar-refractivity contribution in [1.29, 1.82) is 0 Å². The van der Waals surface area contributed by atoms with Crippen molar-refractivity contribution in [3.63, 3.8) is 0 Å². The van der Waals surface area contributed by atoms with Gasteiger partial charge >= 0.3 is 15.6 Å². The average molecular weight is 874 g/mol. The summed E-state index contributed by atoms with van der Waals surface area (Å²) < 4.78 is 51.8. The lowest BCUT2D eigenvalue weighted by molar-refractivity contribution is -0.168. The first kappa shape index (κ1) is 49.3. The monoisotopic (exact) mass is 873 g/mol. The normalized spacial score (nSPS) is 21.9. The summed E-state index contributed by atoms with van der Waals surface area (Å²) in [6.45, 7) is 5.67. The second kappa shape index (κ2) is 26.2. The number of aliphatic hydroxyl groups excluding tert-OH is 2. The quantitative estimate of drug-likeness (QED) is 0.0188. The van der Waals surface area contributed by atoms with Gasteiger partial charge in [0.2, 0.25) is 11.6 Å². The zero-order valence-electron chi connectivity index (χ0n) is 33.1. The maximum absolute atomic E-state index is 12.5. The molecule has 0 aromatic carbocycles. The molecule has 17 nitrogen and oxygen atoms in total. The molecular weight excluding hydrogens is 808 g/mol. The number of imidazole rings is 1. The average Bonchev–Trinajstić information content (AvgIpc) is 3.66. The molecule has 0 bridgehead atoms. The lowest BCUT2D eigenvalue weighted by Crippen LogP contribution is -2.38. The Morgan fingerprint density at radius 1 is 0.875 bits per heavy atom. The van der Waals surface area contributed by atoms with Crippen LogP contribution in [-0.4, -0.2) is 101 Å². The lowest BCUT2D eigenvalue weighted by atomic mass is 10.1. The van der Waals surface area contributed by atoms with Gasteiger partial charge in [-0.3, -0.25) is 9.05 Å². The summed E-state index contributed by atoms with van der Waals surface area (Å²) in [6, 6.07) is 0. The number of aliphatic hydroxyl groups is 2. The fraction of sp³-hybridized carbons (Fsp3) is 0.857. The standard InChI is InChI=1S/C35H65N5O12P2S2/c1-4-6-8-10-11-12-13-14-16-18-23-56-28(20-17-15-9-7-5-2)26(3)47-21-19-22-48-53(43,44)52-54(45,46)49-24-27-30(41)31(42)34(50-27)51-40-25-37-29-32(40)38-35(36)39-33(29)55/h25-28,30-31,34,41-42H,4-24H2,1-3H3,(H,43,44)(H,45,46)(H3,36,38,39,55)/t26?,27-,28?,30-,31-,34+/m1/s1. The van der Waals surface area contributed by atoms with Crippen molar-refractivity contribution in [2.24, 2.45) is 0 Å². The van der Waals surface area contributed by atoms with Crippen LogP contribution in [0.2, 0.25) is 0 Å². The van der Waals surface area contributed by atoms with Crippen LogP contribution in [-0.2, 0) is 32.0 Å². The number of anilines is 1. The molecule has 0 saturated carbocycles. The molecule has 56 heavy (non-hydrogen) atoms. The molecule has 3 heterocycles. The highest BCUT2D eigenvalue weighted by atomic mass is 32.2. The molecule has 3 rings (SSSR count). The van der Waals surface area contributed by atoms with Gasteiger partial charge in [-0.25, -0.2) is 19.1 Å². The van der Waals surface area contributed by atoms with Gasteiger partial charge in [0.05, 0.1) is 19.3 Å². The number of aromatic nitrogens is 4. The first-order valence-electron chi connectivity index (χ1n) is 20.0. The number of thioether (sulfide) groups is 1. The zero-order chi connectivity index (χ0) is 41.0. The van der Waals surface area contributed by atoms with Crippen molar-refractivity contribution >= 4 is 57.1 Å². The third-order valence-electron chi connectivity index (χ3n) is 9.38. The minimum absolute atomic E-state index is 0.0258. The van der Waals surface area contributed by atoms with E-state index in [4.69, 9.17) is 29.1 Å². The van der Waals surface area contributed by atoms with Crippen LogP contribution < -0.4 is 10.6 Å². The van der Waals surface area contributed by atoms with E-state index in [0.717, 1.165) is 23.3 Å². The number of nitrogens with two attached hydrogens (primary N) is 1. The number of phosphoric ester groups is 2.